The van der Waals surface area contributed by atoms with Crippen molar-refractivity contribution < 1.29 is 9.47 Å². The third kappa shape index (κ3) is 2.10. The van der Waals surface area contributed by atoms with E-state index in [4.69, 9.17) is 9.47 Å². The van der Waals surface area contributed by atoms with E-state index in [0.29, 0.717) is 12.8 Å². The predicted octanol–water partition coefficient (Wildman–Crippen LogP) is 1.38. The Labute approximate surface area is 102 Å². The Balaban J connectivity index is 1.78. The van der Waals surface area contributed by atoms with E-state index in [2.05, 4.69) is 29.3 Å². The highest BCUT2D eigenvalue weighted by atomic mass is 16.7. The zero-order chi connectivity index (χ0) is 11.7. The van der Waals surface area contributed by atoms with Gasteiger partial charge in [0.1, 0.15) is 0 Å². The molecule has 1 unspecified atom stereocenters. The lowest BCUT2D eigenvalue weighted by molar-refractivity contribution is 0.173. The van der Waals surface area contributed by atoms with E-state index in [-0.39, 0.29) is 0 Å². The normalized spacial score (nSPS) is 21.5. The smallest absolute Gasteiger partial charge is 0.231 e. The Morgan fingerprint density at radius 1 is 1.18 bits per heavy atom. The molecule has 0 amide bonds. The number of piperazine rings is 1. The van der Waals surface area contributed by atoms with Gasteiger partial charge in [-0.3, -0.25) is 4.90 Å². The summed E-state index contributed by atoms with van der Waals surface area (Å²) in [5, 5.41) is 3.38. The van der Waals surface area contributed by atoms with Crippen molar-refractivity contribution in [3.05, 3.63) is 23.8 Å². The fourth-order valence-electron chi connectivity index (χ4n) is 2.45. The summed E-state index contributed by atoms with van der Waals surface area (Å²) in [6.07, 6.45) is 0. The number of hydrogen-bond donors (Lipinski definition) is 1. The molecule has 1 N–H and O–H groups in total. The number of hydrogen-bond acceptors (Lipinski definition) is 4. The first kappa shape index (κ1) is 10.9. The molecule has 17 heavy (non-hydrogen) atoms. The molecule has 0 radical (unpaired) electrons. The maximum Gasteiger partial charge on any atom is 0.231 e. The molecule has 1 aromatic carbocycles. The molecule has 4 nitrogen and oxygen atoms in total. The molecule has 1 saturated heterocycles. The van der Waals surface area contributed by atoms with E-state index in [1.807, 2.05) is 6.07 Å². The molecule has 3 rings (SSSR count). The molecule has 0 spiro atoms. The summed E-state index contributed by atoms with van der Waals surface area (Å²) < 4.78 is 10.8. The van der Waals surface area contributed by atoms with Gasteiger partial charge < -0.3 is 14.8 Å². The van der Waals surface area contributed by atoms with Gasteiger partial charge in [0, 0.05) is 32.2 Å². The lowest BCUT2D eigenvalue weighted by atomic mass is 10.1. The highest BCUT2D eigenvalue weighted by molar-refractivity contribution is 5.45. The van der Waals surface area contributed by atoms with Gasteiger partial charge in [0.2, 0.25) is 6.79 Å². The Morgan fingerprint density at radius 2 is 1.94 bits per heavy atom. The summed E-state index contributed by atoms with van der Waals surface area (Å²) in [7, 11) is 0. The summed E-state index contributed by atoms with van der Waals surface area (Å²) in [5.74, 6) is 1.74. The van der Waals surface area contributed by atoms with Gasteiger partial charge in [-0.1, -0.05) is 6.07 Å². The summed E-state index contributed by atoms with van der Waals surface area (Å²) in [6.45, 7) is 6.97. The molecule has 0 bridgehead atoms. The molecule has 92 valence electrons. The van der Waals surface area contributed by atoms with Gasteiger partial charge in [0.25, 0.3) is 0 Å². The molecule has 1 aromatic rings. The Hall–Kier alpha value is -1.26. The van der Waals surface area contributed by atoms with Crippen LogP contribution in [0.5, 0.6) is 11.5 Å². The van der Waals surface area contributed by atoms with Crippen LogP contribution in [0.3, 0.4) is 0 Å². The zero-order valence-corrected chi connectivity index (χ0v) is 10.1. The zero-order valence-electron chi connectivity index (χ0n) is 10.1. The van der Waals surface area contributed by atoms with Crippen LogP contribution in [0.25, 0.3) is 0 Å². The Kier molecular flexibility index (Phi) is 2.91. The van der Waals surface area contributed by atoms with Crippen LogP contribution in [0.2, 0.25) is 0 Å². The molecular weight excluding hydrogens is 216 g/mol. The van der Waals surface area contributed by atoms with Crippen LogP contribution in [-0.2, 0) is 0 Å². The van der Waals surface area contributed by atoms with Crippen molar-refractivity contribution in [2.45, 2.75) is 13.0 Å². The highest BCUT2D eigenvalue weighted by Gasteiger charge is 2.20. The van der Waals surface area contributed by atoms with Gasteiger partial charge in [0.05, 0.1) is 0 Å². The fourth-order valence-corrected chi connectivity index (χ4v) is 2.45. The SMILES string of the molecule is CC(c1ccc2c(c1)OCO2)N1CCNCC1. The standard InChI is InChI=1S/C13H18N2O2/c1-10(15-6-4-14-5-7-15)11-2-3-12-13(8-11)17-9-16-12/h2-3,8,10,14H,4-7,9H2,1H3. The van der Waals surface area contributed by atoms with Gasteiger partial charge in [-0.2, -0.15) is 0 Å². The molecule has 2 aliphatic rings. The second-order valence-electron chi connectivity index (χ2n) is 4.57. The second kappa shape index (κ2) is 4.55. The van der Waals surface area contributed by atoms with Crippen LogP contribution < -0.4 is 14.8 Å². The third-order valence-electron chi connectivity index (χ3n) is 3.58. The molecule has 0 aliphatic carbocycles. The van der Waals surface area contributed by atoms with Gasteiger partial charge >= 0.3 is 0 Å². The number of ether oxygens (including phenoxy) is 2. The number of rotatable bonds is 2. The van der Waals surface area contributed by atoms with E-state index in [1.54, 1.807) is 0 Å². The minimum Gasteiger partial charge on any atom is -0.454 e. The lowest BCUT2D eigenvalue weighted by Crippen LogP contribution is -2.44. The molecule has 0 saturated carbocycles. The third-order valence-corrected chi connectivity index (χ3v) is 3.58. The largest absolute Gasteiger partial charge is 0.454 e. The van der Waals surface area contributed by atoms with Crippen molar-refractivity contribution in [2.75, 3.05) is 33.0 Å². The molecule has 2 heterocycles. The van der Waals surface area contributed by atoms with E-state index in [1.165, 1.54) is 5.56 Å². The monoisotopic (exact) mass is 234 g/mol. The Morgan fingerprint density at radius 3 is 2.76 bits per heavy atom. The molecule has 2 aliphatic heterocycles. The summed E-state index contributed by atoms with van der Waals surface area (Å²) in [5.41, 5.74) is 1.30. The van der Waals surface area contributed by atoms with Crippen molar-refractivity contribution >= 4 is 0 Å². The predicted molar refractivity (Wildman–Crippen MR) is 65.4 cm³/mol. The van der Waals surface area contributed by atoms with Crippen molar-refractivity contribution in [1.29, 1.82) is 0 Å². The van der Waals surface area contributed by atoms with Crippen LogP contribution in [0.1, 0.15) is 18.5 Å². The van der Waals surface area contributed by atoms with Crippen LogP contribution in [0.15, 0.2) is 18.2 Å². The van der Waals surface area contributed by atoms with Crippen molar-refractivity contribution in [1.82, 2.24) is 10.2 Å². The average molecular weight is 234 g/mol. The minimum absolute atomic E-state index is 0.348. The molecule has 4 heteroatoms. The second-order valence-corrected chi connectivity index (χ2v) is 4.57. The van der Waals surface area contributed by atoms with Gasteiger partial charge in [-0.25, -0.2) is 0 Å². The van der Waals surface area contributed by atoms with Gasteiger partial charge in [0.15, 0.2) is 11.5 Å². The summed E-state index contributed by atoms with van der Waals surface area (Å²) >= 11 is 0. The van der Waals surface area contributed by atoms with E-state index in [0.717, 1.165) is 37.7 Å². The fraction of sp³-hybridized carbons (Fsp3) is 0.538. The van der Waals surface area contributed by atoms with Crippen LogP contribution >= 0.6 is 0 Å². The van der Waals surface area contributed by atoms with Gasteiger partial charge in [-0.05, 0) is 24.6 Å². The number of fused-ring (bicyclic) bond motifs is 1. The van der Waals surface area contributed by atoms with Crippen LogP contribution in [-0.4, -0.2) is 37.9 Å². The first-order valence-corrected chi connectivity index (χ1v) is 6.19. The van der Waals surface area contributed by atoms with Crippen LogP contribution in [0.4, 0.5) is 0 Å². The topological polar surface area (TPSA) is 33.7 Å². The highest BCUT2D eigenvalue weighted by Crippen LogP contribution is 2.35. The average Bonchev–Trinajstić information content (AvgIpc) is 2.86. The lowest BCUT2D eigenvalue weighted by Gasteiger charge is -2.33. The van der Waals surface area contributed by atoms with Crippen molar-refractivity contribution in [3.63, 3.8) is 0 Å². The maximum atomic E-state index is 5.42. The number of nitrogens with zero attached hydrogens (tertiary/aromatic N) is 1. The minimum atomic E-state index is 0.348. The van der Waals surface area contributed by atoms with E-state index in [9.17, 15) is 0 Å². The molecule has 0 aromatic heterocycles. The molecule has 1 fully saturated rings. The first-order chi connectivity index (χ1) is 8.34. The quantitative estimate of drug-likeness (QED) is 0.838. The molecule has 1 atom stereocenters. The maximum absolute atomic E-state index is 5.42. The Bertz CT molecular complexity index is 402. The van der Waals surface area contributed by atoms with Crippen molar-refractivity contribution in [2.24, 2.45) is 0 Å². The summed E-state index contributed by atoms with van der Waals surface area (Å²) in [6, 6.07) is 6.69. The van der Waals surface area contributed by atoms with Gasteiger partial charge in [-0.15, -0.1) is 0 Å². The van der Waals surface area contributed by atoms with E-state index >= 15 is 0 Å². The van der Waals surface area contributed by atoms with Crippen molar-refractivity contribution in [3.8, 4) is 11.5 Å². The van der Waals surface area contributed by atoms with E-state index < -0.39 is 0 Å². The van der Waals surface area contributed by atoms with Crippen LogP contribution in [0, 0.1) is 0 Å². The number of nitrogens with one attached hydrogen (secondary N) is 1. The summed E-state index contributed by atoms with van der Waals surface area (Å²) in [4.78, 5) is 2.49. The number of benzene rings is 1. The molecular formula is C13H18N2O2. The first-order valence-electron chi connectivity index (χ1n) is 6.19.